The minimum absolute atomic E-state index is 0.0621. The lowest BCUT2D eigenvalue weighted by Gasteiger charge is -2.06. The molecule has 0 aliphatic carbocycles. The van der Waals surface area contributed by atoms with E-state index in [4.69, 9.17) is 6.42 Å². The van der Waals surface area contributed by atoms with Crippen molar-refractivity contribution in [1.82, 2.24) is 10.3 Å². The maximum absolute atomic E-state index is 11.3. The molecule has 0 aromatic carbocycles. The highest BCUT2D eigenvalue weighted by molar-refractivity contribution is 5.78. The van der Waals surface area contributed by atoms with E-state index in [1.54, 1.807) is 13.1 Å². The van der Waals surface area contributed by atoms with E-state index in [-0.39, 0.29) is 11.9 Å². The van der Waals surface area contributed by atoms with Gasteiger partial charge in [0.25, 0.3) is 0 Å². The lowest BCUT2D eigenvalue weighted by atomic mass is 10.2. The molecule has 13 heavy (non-hydrogen) atoms. The molecular formula is C10H12N2O. The molecule has 1 aromatic heterocycles. The Morgan fingerprint density at radius 3 is 3.15 bits per heavy atom. The van der Waals surface area contributed by atoms with Crippen molar-refractivity contribution in [3.63, 3.8) is 0 Å². The van der Waals surface area contributed by atoms with Crippen molar-refractivity contribution in [3.05, 3.63) is 24.0 Å². The summed E-state index contributed by atoms with van der Waals surface area (Å²) in [4.78, 5) is 14.2. The summed E-state index contributed by atoms with van der Waals surface area (Å²) < 4.78 is 0. The van der Waals surface area contributed by atoms with Crippen LogP contribution in [0.2, 0.25) is 0 Å². The molecule has 0 aliphatic heterocycles. The Hall–Kier alpha value is -1.69. The fraction of sp³-hybridized carbons (Fsp3) is 0.300. The zero-order chi connectivity index (χ0) is 9.68. The van der Waals surface area contributed by atoms with Crippen LogP contribution in [0.5, 0.6) is 0 Å². The van der Waals surface area contributed by atoms with Gasteiger partial charge in [-0.15, -0.1) is 6.42 Å². The number of rotatable bonds is 3. The summed E-state index contributed by atoms with van der Waals surface area (Å²) in [5, 5.41) is 2.67. The van der Waals surface area contributed by atoms with Gasteiger partial charge in [-0.2, -0.15) is 0 Å². The first kappa shape index (κ1) is 9.40. The molecule has 0 aliphatic rings. The van der Waals surface area contributed by atoms with Crippen molar-refractivity contribution in [2.75, 3.05) is 0 Å². The average Bonchev–Trinajstić information content (AvgIpc) is 2.56. The number of nitrogens with one attached hydrogen (secondary N) is 2. The molecule has 3 nitrogen and oxygen atoms in total. The molecule has 1 amide bonds. The normalized spacial score (nSPS) is 11.7. The van der Waals surface area contributed by atoms with E-state index in [9.17, 15) is 4.79 Å². The van der Waals surface area contributed by atoms with Crippen LogP contribution >= 0.6 is 0 Å². The summed E-state index contributed by atoms with van der Waals surface area (Å²) >= 11 is 0. The largest absolute Gasteiger partial charge is 0.365 e. The minimum Gasteiger partial charge on any atom is -0.365 e. The zero-order valence-electron chi connectivity index (χ0n) is 7.50. The maximum atomic E-state index is 11.3. The van der Waals surface area contributed by atoms with Crippen LogP contribution in [0.15, 0.2) is 18.3 Å². The van der Waals surface area contributed by atoms with Crippen molar-refractivity contribution in [2.45, 2.75) is 19.4 Å². The zero-order valence-corrected chi connectivity index (χ0v) is 7.50. The number of aromatic amines is 1. The Morgan fingerprint density at radius 1 is 1.85 bits per heavy atom. The van der Waals surface area contributed by atoms with Crippen LogP contribution in [0.4, 0.5) is 0 Å². The van der Waals surface area contributed by atoms with Crippen LogP contribution in [0.3, 0.4) is 0 Å². The molecule has 0 saturated heterocycles. The molecule has 0 fully saturated rings. The molecule has 1 heterocycles. The predicted molar refractivity (Wildman–Crippen MR) is 50.9 cm³/mol. The van der Waals surface area contributed by atoms with Crippen molar-refractivity contribution < 1.29 is 4.79 Å². The lowest BCUT2D eigenvalue weighted by Crippen LogP contribution is -2.32. The summed E-state index contributed by atoms with van der Waals surface area (Å²) in [5.41, 5.74) is 0.890. The summed E-state index contributed by atoms with van der Waals surface area (Å²) in [6, 6.07) is 3.51. The highest BCUT2D eigenvalue weighted by Crippen LogP contribution is 1.95. The van der Waals surface area contributed by atoms with Crippen LogP contribution < -0.4 is 5.32 Å². The van der Waals surface area contributed by atoms with Crippen LogP contribution in [-0.2, 0) is 11.2 Å². The smallest absolute Gasteiger partial charge is 0.226 e. The van der Waals surface area contributed by atoms with E-state index >= 15 is 0 Å². The molecule has 3 heteroatoms. The van der Waals surface area contributed by atoms with Crippen LogP contribution in [0.25, 0.3) is 0 Å². The second-order valence-corrected chi connectivity index (χ2v) is 2.83. The van der Waals surface area contributed by atoms with E-state index in [2.05, 4.69) is 16.2 Å². The van der Waals surface area contributed by atoms with E-state index in [1.165, 1.54) is 0 Å². The highest BCUT2D eigenvalue weighted by atomic mass is 16.1. The molecule has 0 saturated carbocycles. The maximum Gasteiger partial charge on any atom is 0.226 e. The molecule has 68 valence electrons. The van der Waals surface area contributed by atoms with Gasteiger partial charge in [0.1, 0.15) is 0 Å². The molecule has 1 unspecified atom stereocenters. The van der Waals surface area contributed by atoms with Gasteiger partial charge in [0, 0.05) is 11.9 Å². The highest BCUT2D eigenvalue weighted by Gasteiger charge is 2.05. The third-order valence-electron chi connectivity index (χ3n) is 1.64. The van der Waals surface area contributed by atoms with Gasteiger partial charge in [0.2, 0.25) is 5.91 Å². The summed E-state index contributed by atoms with van der Waals surface area (Å²) in [5.74, 6) is 2.37. The molecule has 0 spiro atoms. The van der Waals surface area contributed by atoms with Gasteiger partial charge in [-0.1, -0.05) is 5.92 Å². The SMILES string of the molecule is C#CC(C)NC(=O)Cc1ccc[nH]1. The number of H-pyrrole nitrogens is 1. The van der Waals surface area contributed by atoms with E-state index in [0.29, 0.717) is 6.42 Å². The van der Waals surface area contributed by atoms with Crippen molar-refractivity contribution in [1.29, 1.82) is 0 Å². The number of carbonyl (C=O) groups is 1. The van der Waals surface area contributed by atoms with Gasteiger partial charge in [-0.25, -0.2) is 0 Å². The molecule has 0 radical (unpaired) electrons. The van der Waals surface area contributed by atoms with E-state index < -0.39 is 0 Å². The summed E-state index contributed by atoms with van der Waals surface area (Å²) in [6.07, 6.45) is 7.25. The molecule has 1 atom stereocenters. The van der Waals surface area contributed by atoms with Crippen molar-refractivity contribution >= 4 is 5.91 Å². The first-order chi connectivity index (χ1) is 6.22. The van der Waals surface area contributed by atoms with Gasteiger partial charge in [0.15, 0.2) is 0 Å². The first-order valence-electron chi connectivity index (χ1n) is 4.10. The molecular weight excluding hydrogens is 164 g/mol. The van der Waals surface area contributed by atoms with Gasteiger partial charge in [0.05, 0.1) is 12.5 Å². The Bertz CT molecular complexity index is 308. The van der Waals surface area contributed by atoms with Gasteiger partial charge in [-0.05, 0) is 19.1 Å². The third-order valence-corrected chi connectivity index (χ3v) is 1.64. The first-order valence-corrected chi connectivity index (χ1v) is 4.10. The molecule has 2 N–H and O–H groups in total. The fourth-order valence-electron chi connectivity index (χ4n) is 0.985. The Labute approximate surface area is 77.5 Å². The molecule has 1 aromatic rings. The van der Waals surface area contributed by atoms with Crippen LogP contribution in [0, 0.1) is 12.3 Å². The van der Waals surface area contributed by atoms with E-state index in [1.807, 2.05) is 12.1 Å². The summed E-state index contributed by atoms with van der Waals surface area (Å²) in [7, 11) is 0. The Morgan fingerprint density at radius 2 is 2.62 bits per heavy atom. The second-order valence-electron chi connectivity index (χ2n) is 2.83. The van der Waals surface area contributed by atoms with Gasteiger partial charge in [-0.3, -0.25) is 4.79 Å². The quantitative estimate of drug-likeness (QED) is 0.654. The number of carbonyl (C=O) groups excluding carboxylic acids is 1. The number of terminal acetylenes is 1. The average molecular weight is 176 g/mol. The number of amides is 1. The third kappa shape index (κ3) is 3.04. The minimum atomic E-state index is -0.206. The molecule has 1 rings (SSSR count). The number of hydrogen-bond donors (Lipinski definition) is 2. The standard InChI is InChI=1S/C10H12N2O/c1-3-8(2)12-10(13)7-9-5-4-6-11-9/h1,4-6,8,11H,7H2,2H3,(H,12,13). The van der Waals surface area contributed by atoms with Crippen molar-refractivity contribution in [2.24, 2.45) is 0 Å². The van der Waals surface area contributed by atoms with Crippen LogP contribution in [0.1, 0.15) is 12.6 Å². The van der Waals surface area contributed by atoms with Crippen LogP contribution in [-0.4, -0.2) is 16.9 Å². The Kier molecular flexibility index (Phi) is 3.15. The lowest BCUT2D eigenvalue weighted by molar-refractivity contribution is -0.120. The summed E-state index contributed by atoms with van der Waals surface area (Å²) in [6.45, 7) is 1.77. The van der Waals surface area contributed by atoms with E-state index in [0.717, 1.165) is 5.69 Å². The fourth-order valence-corrected chi connectivity index (χ4v) is 0.985. The monoisotopic (exact) mass is 176 g/mol. The van der Waals surface area contributed by atoms with Crippen molar-refractivity contribution in [3.8, 4) is 12.3 Å². The van der Waals surface area contributed by atoms with Gasteiger partial charge < -0.3 is 10.3 Å². The topological polar surface area (TPSA) is 44.9 Å². The Balaban J connectivity index is 2.39. The molecule has 0 bridgehead atoms. The predicted octanol–water partition coefficient (Wildman–Crippen LogP) is 0.695. The number of aromatic nitrogens is 1. The number of hydrogen-bond acceptors (Lipinski definition) is 1. The second kappa shape index (κ2) is 4.36. The van der Waals surface area contributed by atoms with Gasteiger partial charge >= 0.3 is 0 Å².